The number of carbonyl (C=O) groups is 2. The number of aromatic carboxylic acids is 1. The molecule has 0 bridgehead atoms. The van der Waals surface area contributed by atoms with E-state index in [1.54, 1.807) is 29.2 Å². The molecule has 3 aromatic carbocycles. The first kappa shape index (κ1) is 23.8. The summed E-state index contributed by atoms with van der Waals surface area (Å²) in [6.45, 7) is 0.290. The van der Waals surface area contributed by atoms with E-state index in [2.05, 4.69) is 15.9 Å². The quantitative estimate of drug-likeness (QED) is 0.391. The lowest BCUT2D eigenvalue weighted by atomic mass is 10.1. The highest BCUT2D eigenvalue weighted by molar-refractivity contribution is 9.10. The van der Waals surface area contributed by atoms with Crippen molar-refractivity contribution in [3.63, 3.8) is 0 Å². The number of para-hydroxylation sites is 1. The van der Waals surface area contributed by atoms with Gasteiger partial charge in [-0.15, -0.1) is 0 Å². The van der Waals surface area contributed by atoms with E-state index in [0.717, 1.165) is 27.0 Å². The van der Waals surface area contributed by atoms with Gasteiger partial charge in [-0.25, -0.2) is 9.79 Å². The molecule has 1 aliphatic heterocycles. The van der Waals surface area contributed by atoms with Gasteiger partial charge in [0.1, 0.15) is 0 Å². The van der Waals surface area contributed by atoms with Crippen LogP contribution in [0.5, 0.6) is 0 Å². The van der Waals surface area contributed by atoms with Crippen LogP contribution in [0.25, 0.3) is 6.08 Å². The molecule has 0 atom stereocenters. The maximum atomic E-state index is 13.4. The fourth-order valence-electron chi connectivity index (χ4n) is 3.41. The summed E-state index contributed by atoms with van der Waals surface area (Å²) in [5.41, 5.74) is 3.73. The lowest BCUT2D eigenvalue weighted by molar-refractivity contribution is -0.122. The standard InChI is InChI=1S/C26H22BrN3O3S/c1-29(2)22-13-10-18(14-21(22)27)15-23-24(31)30(16-17-8-11-19(12-9-17)25(32)33)26(34-23)28-20-6-4-3-5-7-20/h3-15H,16H2,1-2H3,(H,32,33)/b23-15+,28-26?. The Balaban J connectivity index is 1.67. The Morgan fingerprint density at radius 2 is 1.79 bits per heavy atom. The van der Waals surface area contributed by atoms with Crippen molar-refractivity contribution in [2.45, 2.75) is 6.54 Å². The van der Waals surface area contributed by atoms with Crippen molar-refractivity contribution in [3.05, 3.63) is 98.9 Å². The lowest BCUT2D eigenvalue weighted by Gasteiger charge is -2.16. The van der Waals surface area contributed by atoms with Gasteiger partial charge in [-0.2, -0.15) is 0 Å². The molecule has 6 nitrogen and oxygen atoms in total. The zero-order chi connectivity index (χ0) is 24.2. The van der Waals surface area contributed by atoms with Gasteiger partial charge in [0.05, 0.1) is 28.4 Å². The number of aliphatic imine (C=N–C) groups is 1. The van der Waals surface area contributed by atoms with Crippen molar-refractivity contribution in [1.82, 2.24) is 4.90 Å². The normalized spacial score (nSPS) is 15.9. The van der Waals surface area contributed by atoms with E-state index in [9.17, 15) is 9.59 Å². The molecule has 34 heavy (non-hydrogen) atoms. The van der Waals surface area contributed by atoms with Crippen LogP contribution in [0.15, 0.2) is 87.2 Å². The molecule has 3 aromatic rings. The maximum absolute atomic E-state index is 13.4. The Kier molecular flexibility index (Phi) is 7.19. The molecule has 0 unspecified atom stereocenters. The van der Waals surface area contributed by atoms with Crippen molar-refractivity contribution in [2.24, 2.45) is 4.99 Å². The SMILES string of the molecule is CN(C)c1ccc(/C=C2/SC(=Nc3ccccc3)N(Cc3ccc(C(=O)O)cc3)C2=O)cc1Br. The van der Waals surface area contributed by atoms with Gasteiger partial charge in [0.15, 0.2) is 5.17 Å². The highest BCUT2D eigenvalue weighted by Gasteiger charge is 2.33. The van der Waals surface area contributed by atoms with E-state index in [1.165, 1.54) is 11.8 Å². The number of hydrogen-bond donors (Lipinski definition) is 1. The van der Waals surface area contributed by atoms with Gasteiger partial charge >= 0.3 is 5.97 Å². The van der Waals surface area contributed by atoms with Gasteiger partial charge < -0.3 is 10.0 Å². The number of hydrogen-bond acceptors (Lipinski definition) is 5. The third-order valence-corrected chi connectivity index (χ3v) is 6.80. The minimum absolute atomic E-state index is 0.144. The molecule has 0 aromatic heterocycles. The van der Waals surface area contributed by atoms with Crippen LogP contribution in [-0.4, -0.2) is 41.1 Å². The van der Waals surface area contributed by atoms with E-state index in [4.69, 9.17) is 10.1 Å². The number of halogens is 1. The second-order valence-corrected chi connectivity index (χ2v) is 9.70. The van der Waals surface area contributed by atoms with Crippen LogP contribution in [0.3, 0.4) is 0 Å². The Bertz CT molecular complexity index is 1290. The van der Waals surface area contributed by atoms with Gasteiger partial charge in [-0.1, -0.05) is 36.4 Å². The van der Waals surface area contributed by atoms with Gasteiger partial charge in [0.25, 0.3) is 5.91 Å². The molecule has 0 spiro atoms. The predicted molar refractivity (Wildman–Crippen MR) is 142 cm³/mol. The summed E-state index contributed by atoms with van der Waals surface area (Å²) in [7, 11) is 3.95. The fraction of sp³-hybridized carbons (Fsp3) is 0.115. The van der Waals surface area contributed by atoms with Gasteiger partial charge in [-0.05, 0) is 81.3 Å². The van der Waals surface area contributed by atoms with Crippen LogP contribution in [0.1, 0.15) is 21.5 Å². The van der Waals surface area contributed by atoms with Crippen LogP contribution in [0.2, 0.25) is 0 Å². The molecular formula is C26H22BrN3O3S. The van der Waals surface area contributed by atoms with Gasteiger partial charge in [-0.3, -0.25) is 9.69 Å². The Morgan fingerprint density at radius 1 is 1.09 bits per heavy atom. The third-order valence-electron chi connectivity index (χ3n) is 5.16. The minimum Gasteiger partial charge on any atom is -0.478 e. The van der Waals surface area contributed by atoms with Crippen molar-refractivity contribution in [2.75, 3.05) is 19.0 Å². The number of carboxylic acid groups (broad SMARTS) is 1. The van der Waals surface area contributed by atoms with Crippen molar-refractivity contribution >= 4 is 62.2 Å². The number of rotatable bonds is 6. The average Bonchev–Trinajstić information content (AvgIpc) is 3.08. The summed E-state index contributed by atoms with van der Waals surface area (Å²) < 4.78 is 0.941. The fourth-order valence-corrected chi connectivity index (χ4v) is 5.16. The molecule has 172 valence electrons. The second-order valence-electron chi connectivity index (χ2n) is 7.84. The second kappa shape index (κ2) is 10.3. The zero-order valence-corrected chi connectivity index (χ0v) is 21.0. The highest BCUT2D eigenvalue weighted by atomic mass is 79.9. The molecule has 1 saturated heterocycles. The van der Waals surface area contributed by atoms with Gasteiger partial charge in [0.2, 0.25) is 0 Å². The molecule has 1 aliphatic rings. The molecular weight excluding hydrogens is 514 g/mol. The van der Waals surface area contributed by atoms with E-state index >= 15 is 0 Å². The van der Waals surface area contributed by atoms with Crippen LogP contribution < -0.4 is 4.90 Å². The Labute approximate surface area is 210 Å². The first-order valence-electron chi connectivity index (χ1n) is 10.5. The van der Waals surface area contributed by atoms with Crippen molar-refractivity contribution < 1.29 is 14.7 Å². The lowest BCUT2D eigenvalue weighted by Crippen LogP contribution is -2.28. The summed E-state index contributed by atoms with van der Waals surface area (Å²) in [5, 5.41) is 9.73. The van der Waals surface area contributed by atoms with Crippen LogP contribution in [0, 0.1) is 0 Å². The number of benzene rings is 3. The zero-order valence-electron chi connectivity index (χ0n) is 18.6. The van der Waals surface area contributed by atoms with Gasteiger partial charge in [0, 0.05) is 18.6 Å². The Morgan fingerprint density at radius 3 is 2.41 bits per heavy atom. The summed E-state index contributed by atoms with van der Waals surface area (Å²) in [5.74, 6) is -1.13. The largest absolute Gasteiger partial charge is 0.478 e. The number of anilines is 1. The molecule has 1 fully saturated rings. The first-order chi connectivity index (χ1) is 16.3. The monoisotopic (exact) mass is 535 g/mol. The van der Waals surface area contributed by atoms with E-state index in [0.29, 0.717) is 10.1 Å². The summed E-state index contributed by atoms with van der Waals surface area (Å²) in [6, 6.07) is 22.0. The van der Waals surface area contributed by atoms with Crippen LogP contribution in [-0.2, 0) is 11.3 Å². The molecule has 8 heteroatoms. The van der Waals surface area contributed by atoms with Crippen LogP contribution >= 0.6 is 27.7 Å². The smallest absolute Gasteiger partial charge is 0.335 e. The summed E-state index contributed by atoms with van der Waals surface area (Å²) >= 11 is 4.93. The molecule has 1 amide bonds. The topological polar surface area (TPSA) is 73.2 Å². The maximum Gasteiger partial charge on any atom is 0.335 e. The molecule has 1 heterocycles. The highest BCUT2D eigenvalue weighted by Crippen LogP contribution is 2.36. The molecule has 0 saturated carbocycles. The third kappa shape index (κ3) is 5.40. The molecule has 1 N–H and O–H groups in total. The van der Waals surface area contributed by atoms with Crippen LogP contribution in [0.4, 0.5) is 11.4 Å². The average molecular weight is 536 g/mol. The van der Waals surface area contributed by atoms with E-state index in [1.807, 2.05) is 73.6 Å². The number of amidine groups is 1. The summed E-state index contributed by atoms with van der Waals surface area (Å²) in [6.07, 6.45) is 1.87. The predicted octanol–water partition coefficient (Wildman–Crippen LogP) is 6.02. The van der Waals surface area contributed by atoms with Crippen molar-refractivity contribution in [3.8, 4) is 0 Å². The number of carboxylic acids is 1. The number of thioether (sulfide) groups is 1. The van der Waals surface area contributed by atoms with E-state index in [-0.39, 0.29) is 18.0 Å². The Hall–Kier alpha value is -3.36. The first-order valence-corrected chi connectivity index (χ1v) is 12.1. The molecule has 0 radical (unpaired) electrons. The summed E-state index contributed by atoms with van der Waals surface area (Å²) in [4.78, 5) is 33.5. The van der Waals surface area contributed by atoms with E-state index < -0.39 is 5.97 Å². The number of amides is 1. The molecule has 0 aliphatic carbocycles. The number of nitrogens with zero attached hydrogens (tertiary/aromatic N) is 3. The minimum atomic E-state index is -0.984. The van der Waals surface area contributed by atoms with Crippen molar-refractivity contribution in [1.29, 1.82) is 0 Å². The molecule has 4 rings (SSSR count). The number of carbonyl (C=O) groups excluding carboxylic acids is 1.